The predicted octanol–water partition coefficient (Wildman–Crippen LogP) is 5.78. The van der Waals surface area contributed by atoms with E-state index < -0.39 is 41.9 Å². The van der Waals surface area contributed by atoms with Gasteiger partial charge in [-0.15, -0.1) is 0 Å². The molecule has 202 valence electrons. The Labute approximate surface area is 242 Å². The maximum atomic E-state index is 14.4. The minimum Gasteiger partial charge on any atom is -0.292 e. The third kappa shape index (κ3) is 3.78. The average Bonchev–Trinajstić information content (AvgIpc) is 3.26. The molecule has 0 N–H and O–H groups in total. The van der Waals surface area contributed by atoms with E-state index in [1.165, 1.54) is 6.07 Å². The third-order valence-electron chi connectivity index (χ3n) is 8.67. The van der Waals surface area contributed by atoms with Crippen molar-refractivity contribution in [2.75, 3.05) is 6.54 Å². The van der Waals surface area contributed by atoms with Gasteiger partial charge in [-0.05, 0) is 41.3 Å². The van der Waals surface area contributed by atoms with Crippen LogP contribution >= 0.6 is 11.6 Å². The first-order chi connectivity index (χ1) is 19.9. The summed E-state index contributed by atoms with van der Waals surface area (Å²) in [5.74, 6) is -4.06. The van der Waals surface area contributed by atoms with Gasteiger partial charge >= 0.3 is 0 Å². The molecular formula is C34H25ClN2O4. The average molecular weight is 561 g/mol. The van der Waals surface area contributed by atoms with Crippen LogP contribution in [0.3, 0.4) is 0 Å². The van der Waals surface area contributed by atoms with Gasteiger partial charge in [0.15, 0.2) is 5.78 Å². The van der Waals surface area contributed by atoms with Crippen LogP contribution in [0.2, 0.25) is 5.02 Å². The van der Waals surface area contributed by atoms with Crippen molar-refractivity contribution in [1.82, 2.24) is 10.0 Å². The molecule has 1 saturated heterocycles. The Bertz CT molecular complexity index is 1650. The summed E-state index contributed by atoms with van der Waals surface area (Å²) >= 11 is 6.39. The van der Waals surface area contributed by atoms with Crippen LogP contribution in [0.15, 0.2) is 97.1 Å². The van der Waals surface area contributed by atoms with Crippen LogP contribution in [0.1, 0.15) is 60.4 Å². The second kappa shape index (κ2) is 9.53. The van der Waals surface area contributed by atoms with Gasteiger partial charge < -0.3 is 0 Å². The van der Waals surface area contributed by atoms with Crippen LogP contribution in [-0.4, -0.2) is 40.1 Å². The van der Waals surface area contributed by atoms with E-state index in [1.807, 2.05) is 55.5 Å². The molecule has 2 bridgehead atoms. The molecule has 0 radical (unpaired) electrons. The summed E-state index contributed by atoms with van der Waals surface area (Å²) in [6.07, 6.45) is 0. The number of nitrogens with zero attached hydrogens (tertiary/aromatic N) is 2. The Morgan fingerprint density at radius 1 is 0.707 bits per heavy atom. The third-order valence-corrected chi connectivity index (χ3v) is 9.00. The maximum Gasteiger partial charge on any atom is 0.274 e. The molecule has 4 aromatic rings. The van der Waals surface area contributed by atoms with E-state index in [0.717, 1.165) is 37.8 Å². The zero-order valence-electron chi connectivity index (χ0n) is 22.2. The van der Waals surface area contributed by atoms with Crippen molar-refractivity contribution >= 4 is 35.1 Å². The standard InChI is InChI=1S/C34H25ClN2O4/c1-19-14-16-20(17-15-19)27(38)18-36(32(39)25-12-6-7-13-26(25)35)37-33(40)30-28-21-8-2-3-9-22(21)29(31(30)34(37)41)24-11-5-4-10-23(24)28/h2-17,28-31H,18H2,1H3/t28?,29?,30-,31-/m1/s1. The fourth-order valence-electron chi connectivity index (χ4n) is 6.87. The SMILES string of the molecule is Cc1ccc(C(=O)CN(C(=O)c2ccccc2Cl)N2C(=O)[C@@H]3C4c5ccccc5C(c5ccccc54)[C@H]3C2=O)cc1. The molecule has 0 unspecified atom stereocenters. The first-order valence-electron chi connectivity index (χ1n) is 13.6. The molecule has 8 rings (SSSR count). The first-order valence-corrected chi connectivity index (χ1v) is 14.0. The smallest absolute Gasteiger partial charge is 0.274 e. The van der Waals surface area contributed by atoms with Gasteiger partial charge in [-0.25, -0.2) is 5.01 Å². The predicted molar refractivity (Wildman–Crippen MR) is 153 cm³/mol. The minimum atomic E-state index is -0.687. The molecule has 1 fully saturated rings. The van der Waals surface area contributed by atoms with Crippen molar-refractivity contribution in [1.29, 1.82) is 0 Å². The highest BCUT2D eigenvalue weighted by Crippen LogP contribution is 2.61. The second-order valence-corrected chi connectivity index (χ2v) is 11.3. The summed E-state index contributed by atoms with van der Waals surface area (Å²) in [5.41, 5.74) is 5.58. The number of imide groups is 1. The highest BCUT2D eigenvalue weighted by Gasteiger charge is 2.63. The van der Waals surface area contributed by atoms with Crippen molar-refractivity contribution < 1.29 is 19.2 Å². The van der Waals surface area contributed by atoms with Crippen LogP contribution in [0.4, 0.5) is 0 Å². The van der Waals surface area contributed by atoms with Crippen LogP contribution in [-0.2, 0) is 9.59 Å². The van der Waals surface area contributed by atoms with Crippen molar-refractivity contribution in [2.45, 2.75) is 18.8 Å². The van der Waals surface area contributed by atoms with Crippen molar-refractivity contribution in [3.63, 3.8) is 0 Å². The van der Waals surface area contributed by atoms with Gasteiger partial charge in [0.2, 0.25) is 0 Å². The lowest BCUT2D eigenvalue weighted by atomic mass is 9.55. The molecule has 6 nitrogen and oxygen atoms in total. The zero-order valence-corrected chi connectivity index (χ0v) is 22.9. The number of hydrogen-bond donors (Lipinski definition) is 0. The van der Waals surface area contributed by atoms with Crippen molar-refractivity contribution in [3.8, 4) is 0 Å². The highest BCUT2D eigenvalue weighted by atomic mass is 35.5. The fraction of sp³-hybridized carbons (Fsp3) is 0.176. The molecule has 3 amide bonds. The molecule has 41 heavy (non-hydrogen) atoms. The highest BCUT2D eigenvalue weighted by molar-refractivity contribution is 6.34. The number of rotatable bonds is 5. The monoisotopic (exact) mass is 560 g/mol. The Hall–Kier alpha value is -4.55. The summed E-state index contributed by atoms with van der Waals surface area (Å²) in [7, 11) is 0. The Balaban J connectivity index is 1.34. The van der Waals surface area contributed by atoms with Crippen molar-refractivity contribution in [2.24, 2.45) is 11.8 Å². The molecule has 0 spiro atoms. The van der Waals surface area contributed by atoms with Gasteiger partial charge in [-0.2, -0.15) is 5.01 Å². The fourth-order valence-corrected chi connectivity index (χ4v) is 7.09. The topological polar surface area (TPSA) is 74.8 Å². The van der Waals surface area contributed by atoms with E-state index in [2.05, 4.69) is 0 Å². The number of Topliss-reactive ketones (excluding diaryl/α,β-unsaturated/α-hetero) is 1. The first kappa shape index (κ1) is 25.4. The number of aryl methyl sites for hydroxylation is 1. The number of amides is 3. The van der Waals surface area contributed by atoms with Crippen LogP contribution in [0.5, 0.6) is 0 Å². The van der Waals surface area contributed by atoms with Gasteiger partial charge in [-0.1, -0.05) is 102 Å². The second-order valence-electron chi connectivity index (χ2n) is 10.9. The maximum absolute atomic E-state index is 14.4. The van der Waals surface area contributed by atoms with E-state index in [4.69, 9.17) is 11.6 Å². The summed E-state index contributed by atoms with van der Waals surface area (Å²) in [4.78, 5) is 56.2. The van der Waals surface area contributed by atoms with E-state index in [0.29, 0.717) is 5.56 Å². The molecular weight excluding hydrogens is 536 g/mol. The Kier molecular flexibility index (Phi) is 5.91. The molecule has 0 saturated carbocycles. The van der Waals surface area contributed by atoms with E-state index in [-0.39, 0.29) is 22.4 Å². The van der Waals surface area contributed by atoms with Gasteiger partial charge in [-0.3, -0.25) is 19.2 Å². The molecule has 2 atom stereocenters. The number of halogens is 1. The Morgan fingerprint density at radius 3 is 1.66 bits per heavy atom. The molecule has 1 aliphatic heterocycles. The zero-order chi connectivity index (χ0) is 28.4. The van der Waals surface area contributed by atoms with Crippen LogP contribution in [0.25, 0.3) is 0 Å². The van der Waals surface area contributed by atoms with E-state index in [9.17, 15) is 19.2 Å². The summed E-state index contributed by atoms with van der Waals surface area (Å²) < 4.78 is 0. The van der Waals surface area contributed by atoms with Gasteiger partial charge in [0.25, 0.3) is 17.7 Å². The van der Waals surface area contributed by atoms with Crippen LogP contribution in [0, 0.1) is 18.8 Å². The van der Waals surface area contributed by atoms with Gasteiger partial charge in [0.1, 0.15) is 6.54 Å². The lowest BCUT2D eigenvalue weighted by molar-refractivity contribution is -0.154. The van der Waals surface area contributed by atoms with E-state index >= 15 is 0 Å². The largest absolute Gasteiger partial charge is 0.292 e. The number of carbonyl (C=O) groups excluding carboxylic acids is 4. The van der Waals surface area contributed by atoms with E-state index in [1.54, 1.807) is 42.5 Å². The molecule has 7 heteroatoms. The Morgan fingerprint density at radius 2 is 1.17 bits per heavy atom. The number of carbonyl (C=O) groups is 4. The van der Waals surface area contributed by atoms with Gasteiger partial charge in [0.05, 0.1) is 22.4 Å². The quantitative estimate of drug-likeness (QED) is 0.229. The normalized spacial score (nSPS) is 21.8. The van der Waals surface area contributed by atoms with Crippen molar-refractivity contribution in [3.05, 3.63) is 141 Å². The summed E-state index contributed by atoms with van der Waals surface area (Å²) in [6, 6.07) is 29.3. The summed E-state index contributed by atoms with van der Waals surface area (Å²) in [6.45, 7) is 1.42. The lowest BCUT2D eigenvalue weighted by Gasteiger charge is -2.45. The molecule has 0 aromatic heterocycles. The van der Waals surface area contributed by atoms with Crippen LogP contribution < -0.4 is 0 Å². The number of benzene rings is 4. The number of ketones is 1. The van der Waals surface area contributed by atoms with Gasteiger partial charge in [0, 0.05) is 17.4 Å². The molecule has 4 aromatic carbocycles. The minimum absolute atomic E-state index is 0.107. The summed E-state index contributed by atoms with van der Waals surface area (Å²) in [5, 5.41) is 2.10. The number of hydrogen-bond acceptors (Lipinski definition) is 4. The molecule has 4 aliphatic rings. The number of hydrazine groups is 1. The molecule has 1 heterocycles. The lowest BCUT2D eigenvalue weighted by Crippen LogP contribution is -2.52. The molecule has 3 aliphatic carbocycles.